The molecule has 0 aromatic rings. The van der Waals surface area contributed by atoms with Crippen LogP contribution in [-0.2, 0) is 9.59 Å². The van der Waals surface area contributed by atoms with E-state index < -0.39 is 0 Å². The van der Waals surface area contributed by atoms with Gasteiger partial charge in [-0.3, -0.25) is 19.3 Å². The maximum atomic E-state index is 12.1. The largest absolute Gasteiger partial charge is 0.342 e. The predicted molar refractivity (Wildman–Crippen MR) is 71.6 cm³/mol. The fourth-order valence-electron chi connectivity index (χ4n) is 2.97. The molecular formula is C13H18N2O3S. The number of hydrogen-bond donors (Lipinski definition) is 0. The number of nitrogens with zero attached hydrogens (tertiary/aromatic N) is 2. The van der Waals surface area contributed by atoms with Crippen LogP contribution in [-0.4, -0.2) is 51.7 Å². The van der Waals surface area contributed by atoms with Crippen molar-refractivity contribution >= 4 is 28.8 Å². The van der Waals surface area contributed by atoms with Gasteiger partial charge in [-0.05, 0) is 25.7 Å². The Morgan fingerprint density at radius 2 is 1.79 bits per heavy atom. The monoisotopic (exact) mass is 282 g/mol. The van der Waals surface area contributed by atoms with Crippen LogP contribution in [0.2, 0.25) is 0 Å². The summed E-state index contributed by atoms with van der Waals surface area (Å²) in [5.74, 6) is 0.721. The number of rotatable bonds is 2. The maximum Gasteiger partial charge on any atom is 0.289 e. The van der Waals surface area contributed by atoms with Crippen molar-refractivity contribution in [2.24, 2.45) is 5.92 Å². The van der Waals surface area contributed by atoms with Crippen molar-refractivity contribution < 1.29 is 14.4 Å². The topological polar surface area (TPSA) is 57.7 Å². The molecule has 0 bridgehead atoms. The lowest BCUT2D eigenvalue weighted by molar-refractivity contribution is -0.139. The first kappa shape index (κ1) is 13.0. The Hall–Kier alpha value is -1.04. The zero-order valence-corrected chi connectivity index (χ0v) is 11.7. The van der Waals surface area contributed by atoms with Crippen molar-refractivity contribution in [2.45, 2.75) is 38.1 Å². The predicted octanol–water partition coefficient (Wildman–Crippen LogP) is 1.47. The van der Waals surface area contributed by atoms with Crippen LogP contribution < -0.4 is 0 Å². The third-order valence-corrected chi connectivity index (χ3v) is 5.22. The van der Waals surface area contributed by atoms with Crippen molar-refractivity contribution in [3.63, 3.8) is 0 Å². The minimum atomic E-state index is -0.117. The lowest BCUT2D eigenvalue weighted by atomic mass is 9.84. The molecule has 3 amide bonds. The Labute approximate surface area is 116 Å². The molecule has 0 unspecified atom stereocenters. The van der Waals surface area contributed by atoms with Crippen molar-refractivity contribution in [2.75, 3.05) is 18.8 Å². The zero-order valence-electron chi connectivity index (χ0n) is 10.8. The number of piperidine rings is 1. The van der Waals surface area contributed by atoms with E-state index in [0.29, 0.717) is 13.1 Å². The fourth-order valence-corrected chi connectivity index (χ4v) is 3.75. The van der Waals surface area contributed by atoms with Gasteiger partial charge in [0.25, 0.3) is 5.24 Å². The molecule has 0 atom stereocenters. The molecule has 3 fully saturated rings. The van der Waals surface area contributed by atoms with Gasteiger partial charge >= 0.3 is 0 Å². The highest BCUT2D eigenvalue weighted by Gasteiger charge is 2.39. The number of carbonyl (C=O) groups is 3. The lowest BCUT2D eigenvalue weighted by Crippen LogP contribution is -2.50. The number of likely N-dealkylation sites (tertiary alicyclic amines) is 1. The second-order valence-electron chi connectivity index (χ2n) is 5.50. The molecule has 5 nitrogen and oxygen atoms in total. The second kappa shape index (κ2) is 5.15. The SMILES string of the molecule is O=C(C1CCC1)N1CCC(N2C(=O)CSC2=O)CC1. The van der Waals surface area contributed by atoms with Crippen molar-refractivity contribution in [1.29, 1.82) is 0 Å². The molecule has 2 heterocycles. The summed E-state index contributed by atoms with van der Waals surface area (Å²) in [6.07, 6.45) is 4.69. The van der Waals surface area contributed by atoms with E-state index in [-0.39, 0.29) is 34.8 Å². The Morgan fingerprint density at radius 3 is 2.26 bits per heavy atom. The van der Waals surface area contributed by atoms with Gasteiger partial charge in [0.1, 0.15) is 0 Å². The first-order chi connectivity index (χ1) is 9.16. The summed E-state index contributed by atoms with van der Waals surface area (Å²) in [6.45, 7) is 1.36. The van der Waals surface area contributed by atoms with Gasteiger partial charge in [0, 0.05) is 25.0 Å². The molecule has 0 N–H and O–H groups in total. The van der Waals surface area contributed by atoms with Gasteiger partial charge in [-0.2, -0.15) is 0 Å². The van der Waals surface area contributed by atoms with E-state index >= 15 is 0 Å². The second-order valence-corrected chi connectivity index (χ2v) is 6.43. The first-order valence-electron chi connectivity index (χ1n) is 6.94. The van der Waals surface area contributed by atoms with Crippen LogP contribution >= 0.6 is 11.8 Å². The van der Waals surface area contributed by atoms with Crippen LogP contribution in [0.1, 0.15) is 32.1 Å². The van der Waals surface area contributed by atoms with E-state index in [0.717, 1.165) is 37.4 Å². The number of amides is 3. The van der Waals surface area contributed by atoms with Crippen LogP contribution in [0.5, 0.6) is 0 Å². The Kier molecular flexibility index (Phi) is 3.52. The maximum absolute atomic E-state index is 12.1. The average Bonchev–Trinajstić information content (AvgIpc) is 2.67. The highest BCUT2D eigenvalue weighted by Crippen LogP contribution is 2.31. The van der Waals surface area contributed by atoms with Crippen LogP contribution in [0.25, 0.3) is 0 Å². The fraction of sp³-hybridized carbons (Fsp3) is 0.769. The van der Waals surface area contributed by atoms with Gasteiger partial charge in [-0.25, -0.2) is 0 Å². The number of carbonyl (C=O) groups excluding carboxylic acids is 3. The van der Waals surface area contributed by atoms with Gasteiger partial charge in [0.2, 0.25) is 11.8 Å². The molecule has 1 aliphatic carbocycles. The van der Waals surface area contributed by atoms with Crippen molar-refractivity contribution in [3.8, 4) is 0 Å². The standard InChI is InChI=1S/C13H18N2O3S/c16-11-8-19-13(18)15(11)10-4-6-14(7-5-10)12(17)9-2-1-3-9/h9-10H,1-8H2. The number of thioether (sulfide) groups is 1. The molecule has 6 heteroatoms. The van der Waals surface area contributed by atoms with Gasteiger partial charge in [0.05, 0.1) is 5.75 Å². The zero-order chi connectivity index (χ0) is 13.4. The summed E-state index contributed by atoms with van der Waals surface area (Å²) in [7, 11) is 0. The molecule has 0 aromatic heterocycles. The normalized spacial score (nSPS) is 25.9. The minimum Gasteiger partial charge on any atom is -0.342 e. The van der Waals surface area contributed by atoms with E-state index in [1.807, 2.05) is 4.90 Å². The summed E-state index contributed by atoms with van der Waals surface area (Å²) < 4.78 is 0. The van der Waals surface area contributed by atoms with E-state index in [1.54, 1.807) is 0 Å². The van der Waals surface area contributed by atoms with Crippen LogP contribution in [0, 0.1) is 5.92 Å². The van der Waals surface area contributed by atoms with Crippen LogP contribution in [0.4, 0.5) is 4.79 Å². The molecule has 3 aliphatic rings. The first-order valence-corrected chi connectivity index (χ1v) is 7.93. The Morgan fingerprint density at radius 1 is 1.11 bits per heavy atom. The van der Waals surface area contributed by atoms with Gasteiger partial charge in [-0.1, -0.05) is 18.2 Å². The molecule has 2 saturated heterocycles. The molecule has 104 valence electrons. The number of hydrogen-bond acceptors (Lipinski definition) is 4. The van der Waals surface area contributed by atoms with E-state index in [9.17, 15) is 14.4 Å². The summed E-state index contributed by atoms with van der Waals surface area (Å²) in [6, 6.07) is 0.000408. The van der Waals surface area contributed by atoms with E-state index in [4.69, 9.17) is 0 Å². The van der Waals surface area contributed by atoms with Crippen molar-refractivity contribution in [3.05, 3.63) is 0 Å². The Balaban J connectivity index is 1.55. The van der Waals surface area contributed by atoms with Gasteiger partial charge in [-0.15, -0.1) is 0 Å². The van der Waals surface area contributed by atoms with E-state index in [1.165, 1.54) is 11.3 Å². The highest BCUT2D eigenvalue weighted by molar-refractivity contribution is 8.14. The summed E-state index contributed by atoms with van der Waals surface area (Å²) >= 11 is 1.09. The quantitative estimate of drug-likeness (QED) is 0.769. The van der Waals surface area contributed by atoms with E-state index in [2.05, 4.69) is 0 Å². The molecule has 2 aliphatic heterocycles. The third-order valence-electron chi connectivity index (χ3n) is 4.38. The number of imide groups is 1. The molecule has 19 heavy (non-hydrogen) atoms. The molecule has 0 aromatic carbocycles. The molecular weight excluding hydrogens is 264 g/mol. The van der Waals surface area contributed by atoms with Crippen molar-refractivity contribution in [1.82, 2.24) is 9.80 Å². The summed E-state index contributed by atoms with van der Waals surface area (Å²) in [4.78, 5) is 38.8. The molecule has 1 saturated carbocycles. The summed E-state index contributed by atoms with van der Waals surface area (Å²) in [5.41, 5.74) is 0. The molecule has 0 spiro atoms. The van der Waals surface area contributed by atoms with Crippen LogP contribution in [0.15, 0.2) is 0 Å². The smallest absolute Gasteiger partial charge is 0.289 e. The lowest BCUT2D eigenvalue weighted by Gasteiger charge is -2.38. The minimum absolute atomic E-state index is 0.000408. The average molecular weight is 282 g/mol. The third kappa shape index (κ3) is 2.38. The summed E-state index contributed by atoms with van der Waals surface area (Å²) in [5, 5.41) is -0.117. The van der Waals surface area contributed by atoms with Gasteiger partial charge < -0.3 is 4.90 Å². The Bertz CT molecular complexity index is 398. The van der Waals surface area contributed by atoms with Gasteiger partial charge in [0.15, 0.2) is 0 Å². The molecule has 0 radical (unpaired) electrons. The molecule has 3 rings (SSSR count). The van der Waals surface area contributed by atoms with Crippen LogP contribution in [0.3, 0.4) is 0 Å². The highest BCUT2D eigenvalue weighted by atomic mass is 32.2.